The second kappa shape index (κ2) is 4.64. The summed E-state index contributed by atoms with van der Waals surface area (Å²) in [5.74, 6) is 0.774. The van der Waals surface area contributed by atoms with Crippen LogP contribution < -0.4 is 15.4 Å². The maximum absolute atomic E-state index is 11.7. The Bertz CT molecular complexity index is 765. The quantitative estimate of drug-likeness (QED) is 0.701. The van der Waals surface area contributed by atoms with Crippen LogP contribution in [0.15, 0.2) is 36.4 Å². The van der Waals surface area contributed by atoms with Crippen molar-refractivity contribution >= 4 is 23.2 Å². The van der Waals surface area contributed by atoms with Crippen molar-refractivity contribution in [3.63, 3.8) is 0 Å². The fourth-order valence-electron chi connectivity index (χ4n) is 2.55. The minimum absolute atomic E-state index is 0.306. The molecule has 22 heavy (non-hydrogen) atoms. The summed E-state index contributed by atoms with van der Waals surface area (Å²) in [5, 5.41) is 19.7. The van der Waals surface area contributed by atoms with E-state index in [4.69, 9.17) is 10.5 Å². The van der Waals surface area contributed by atoms with Gasteiger partial charge in [-0.05, 0) is 38.1 Å². The van der Waals surface area contributed by atoms with Crippen LogP contribution in [0.1, 0.15) is 19.4 Å². The van der Waals surface area contributed by atoms with Crippen molar-refractivity contribution in [2.45, 2.75) is 19.4 Å². The van der Waals surface area contributed by atoms with E-state index in [9.17, 15) is 15.0 Å². The van der Waals surface area contributed by atoms with E-state index in [-0.39, 0.29) is 0 Å². The molecular weight excluding hydrogens is 284 g/mol. The number of ether oxygens (including phenoxy) is 1. The Hall–Kier alpha value is -2.73. The molecule has 3 rings (SSSR count). The van der Waals surface area contributed by atoms with Gasteiger partial charge >= 0.3 is 6.09 Å². The lowest BCUT2D eigenvalue weighted by Gasteiger charge is -2.31. The molecule has 0 aromatic heterocycles. The number of amides is 1. The number of hydrogen-bond acceptors (Lipinski definition) is 4. The zero-order valence-corrected chi connectivity index (χ0v) is 12.2. The summed E-state index contributed by atoms with van der Waals surface area (Å²) in [6, 6.07) is 9.93. The fraction of sp³-hybridized carbons (Fsp3) is 0.188. The van der Waals surface area contributed by atoms with Gasteiger partial charge in [0.25, 0.3) is 0 Å². The molecular formula is C16H16N2O4. The van der Waals surface area contributed by atoms with E-state index in [1.165, 1.54) is 6.07 Å². The Morgan fingerprint density at radius 3 is 2.50 bits per heavy atom. The molecule has 1 aliphatic rings. The predicted octanol–water partition coefficient (Wildman–Crippen LogP) is 3.42. The summed E-state index contributed by atoms with van der Waals surface area (Å²) in [6.07, 6.45) is -1.13. The van der Waals surface area contributed by atoms with Gasteiger partial charge in [-0.1, -0.05) is 12.1 Å². The van der Waals surface area contributed by atoms with Gasteiger partial charge in [-0.3, -0.25) is 0 Å². The number of rotatable bonds is 1. The number of nitrogen functional groups attached to an aromatic ring is 1. The molecule has 0 fully saturated rings. The van der Waals surface area contributed by atoms with Gasteiger partial charge in [0.2, 0.25) is 0 Å². The summed E-state index contributed by atoms with van der Waals surface area (Å²) in [7, 11) is 0. The van der Waals surface area contributed by atoms with Gasteiger partial charge in [0.15, 0.2) is 11.5 Å². The summed E-state index contributed by atoms with van der Waals surface area (Å²) < 4.78 is 5.78. The van der Waals surface area contributed by atoms with Gasteiger partial charge in [-0.2, -0.15) is 0 Å². The average Bonchev–Trinajstić information content (AvgIpc) is 2.42. The summed E-state index contributed by atoms with van der Waals surface area (Å²) >= 11 is 0. The molecule has 2 aromatic carbocycles. The Balaban J connectivity index is 2.23. The van der Waals surface area contributed by atoms with Crippen molar-refractivity contribution in [1.29, 1.82) is 0 Å². The highest BCUT2D eigenvalue weighted by Crippen LogP contribution is 2.49. The van der Waals surface area contributed by atoms with Crippen LogP contribution >= 0.6 is 0 Å². The summed E-state index contributed by atoms with van der Waals surface area (Å²) in [4.78, 5) is 12.8. The van der Waals surface area contributed by atoms with Crippen LogP contribution in [0.2, 0.25) is 0 Å². The van der Waals surface area contributed by atoms with Gasteiger partial charge < -0.3 is 20.7 Å². The number of fused-ring (bicyclic) bond motifs is 2. The highest BCUT2D eigenvalue weighted by molar-refractivity contribution is 6.00. The van der Waals surface area contributed by atoms with Crippen LogP contribution in [0.4, 0.5) is 21.9 Å². The molecule has 0 unspecified atom stereocenters. The lowest BCUT2D eigenvalue weighted by Crippen LogP contribution is -2.27. The Morgan fingerprint density at radius 1 is 1.18 bits per heavy atom. The number of nitrogens with zero attached hydrogens (tertiary/aromatic N) is 1. The average molecular weight is 300 g/mol. The third-order valence-corrected chi connectivity index (χ3v) is 3.55. The largest absolute Gasteiger partial charge is 0.464 e. The fourth-order valence-corrected chi connectivity index (χ4v) is 2.55. The maximum atomic E-state index is 11.7. The van der Waals surface area contributed by atoms with Gasteiger partial charge in [0, 0.05) is 11.3 Å². The Labute approximate surface area is 127 Å². The van der Waals surface area contributed by atoms with Crippen molar-refractivity contribution in [2.75, 3.05) is 10.6 Å². The molecule has 6 nitrogen and oxygen atoms in total. The van der Waals surface area contributed by atoms with Crippen LogP contribution in [0, 0.1) is 0 Å². The normalized spacial score (nSPS) is 13.1. The lowest BCUT2D eigenvalue weighted by molar-refractivity contribution is 0.0792. The standard InChI is InChI=1S/C16H16N2O4/c1-16(2,21)9-7-14-12(8-10(9)17)18(15(19)20)11-5-3-4-6-13(11)22-14/h3-8,21H,17H2,1-2H3,(H,19,20). The van der Waals surface area contributed by atoms with Gasteiger partial charge in [0.1, 0.15) is 0 Å². The zero-order chi connectivity index (χ0) is 16.1. The second-order valence-electron chi connectivity index (χ2n) is 5.65. The van der Waals surface area contributed by atoms with Gasteiger partial charge in [-0.25, -0.2) is 9.69 Å². The van der Waals surface area contributed by atoms with Crippen molar-refractivity contribution in [1.82, 2.24) is 0 Å². The topological polar surface area (TPSA) is 96.0 Å². The first kappa shape index (κ1) is 14.2. The number of carbonyl (C=O) groups is 1. The number of anilines is 3. The lowest BCUT2D eigenvalue weighted by atomic mass is 9.95. The SMILES string of the molecule is CC(C)(O)c1cc2c(cc1N)N(C(=O)O)c1ccccc1O2. The Morgan fingerprint density at radius 2 is 1.86 bits per heavy atom. The van der Waals surface area contributed by atoms with Crippen LogP contribution in [0.5, 0.6) is 11.5 Å². The van der Waals surface area contributed by atoms with Crippen LogP contribution in [-0.2, 0) is 5.60 Å². The second-order valence-corrected chi connectivity index (χ2v) is 5.65. The number of carboxylic acid groups (broad SMARTS) is 1. The first-order valence-electron chi connectivity index (χ1n) is 6.75. The first-order valence-corrected chi connectivity index (χ1v) is 6.75. The molecule has 0 radical (unpaired) electrons. The molecule has 0 atom stereocenters. The highest BCUT2D eigenvalue weighted by Gasteiger charge is 2.31. The van der Waals surface area contributed by atoms with Gasteiger partial charge in [-0.15, -0.1) is 0 Å². The van der Waals surface area contributed by atoms with Gasteiger partial charge in [0.05, 0.1) is 17.0 Å². The number of benzene rings is 2. The van der Waals surface area contributed by atoms with Crippen molar-refractivity contribution in [2.24, 2.45) is 0 Å². The van der Waals surface area contributed by atoms with Crippen LogP contribution in [-0.4, -0.2) is 16.3 Å². The molecule has 6 heteroatoms. The molecule has 114 valence electrons. The number of aliphatic hydroxyl groups is 1. The Kier molecular flexibility index (Phi) is 3.00. The zero-order valence-electron chi connectivity index (χ0n) is 12.2. The molecule has 0 spiro atoms. The number of para-hydroxylation sites is 2. The van der Waals surface area contributed by atoms with E-state index in [0.29, 0.717) is 34.1 Å². The van der Waals surface area contributed by atoms with E-state index in [1.54, 1.807) is 44.2 Å². The molecule has 0 saturated heterocycles. The first-order chi connectivity index (χ1) is 10.3. The molecule has 0 aliphatic carbocycles. The van der Waals surface area contributed by atoms with Crippen molar-refractivity contribution in [3.8, 4) is 11.5 Å². The highest BCUT2D eigenvalue weighted by atomic mass is 16.5. The number of hydrogen-bond donors (Lipinski definition) is 3. The van der Waals surface area contributed by atoms with E-state index in [0.717, 1.165) is 4.90 Å². The molecule has 4 N–H and O–H groups in total. The van der Waals surface area contributed by atoms with E-state index >= 15 is 0 Å². The molecule has 1 heterocycles. The smallest absolute Gasteiger partial charge is 0.416 e. The van der Waals surface area contributed by atoms with E-state index in [1.807, 2.05) is 0 Å². The minimum atomic E-state index is -1.16. The van der Waals surface area contributed by atoms with E-state index in [2.05, 4.69) is 0 Å². The maximum Gasteiger partial charge on any atom is 0.416 e. The number of nitrogens with two attached hydrogens (primary N) is 1. The third-order valence-electron chi connectivity index (χ3n) is 3.55. The minimum Gasteiger partial charge on any atom is -0.464 e. The van der Waals surface area contributed by atoms with Crippen molar-refractivity contribution in [3.05, 3.63) is 42.0 Å². The van der Waals surface area contributed by atoms with Crippen molar-refractivity contribution < 1.29 is 19.7 Å². The molecule has 1 amide bonds. The molecule has 1 aliphatic heterocycles. The molecule has 2 aromatic rings. The summed E-state index contributed by atoms with van der Waals surface area (Å²) in [5.41, 5.74) is 6.37. The van der Waals surface area contributed by atoms with E-state index < -0.39 is 11.7 Å². The monoisotopic (exact) mass is 300 g/mol. The van der Waals surface area contributed by atoms with Crippen LogP contribution in [0.3, 0.4) is 0 Å². The van der Waals surface area contributed by atoms with Crippen LogP contribution in [0.25, 0.3) is 0 Å². The summed E-state index contributed by atoms with van der Waals surface area (Å²) in [6.45, 7) is 3.22. The third kappa shape index (κ3) is 2.14. The molecule has 0 bridgehead atoms. The molecule has 0 saturated carbocycles. The predicted molar refractivity (Wildman–Crippen MR) is 82.8 cm³/mol.